The Balaban J connectivity index is 2.72. The van der Waals surface area contributed by atoms with Crippen molar-refractivity contribution in [2.45, 2.75) is 40.0 Å². The molecule has 0 spiro atoms. The molecular formula is C15H22O2. The van der Waals surface area contributed by atoms with Crippen LogP contribution in [0.3, 0.4) is 0 Å². The van der Waals surface area contributed by atoms with Crippen LogP contribution in [0.1, 0.15) is 40.0 Å². The SMILES string of the molecule is C=C(C)[C@@H]1CC=C(C)/C(=C/C[C@H](C)C(=O)O)C1. The summed E-state index contributed by atoms with van der Waals surface area (Å²) in [6.07, 6.45) is 7.00. The van der Waals surface area contributed by atoms with Crippen molar-refractivity contribution in [1.29, 1.82) is 0 Å². The summed E-state index contributed by atoms with van der Waals surface area (Å²) in [5, 5.41) is 8.86. The van der Waals surface area contributed by atoms with Gasteiger partial charge in [0.2, 0.25) is 0 Å². The molecule has 0 bridgehead atoms. The highest BCUT2D eigenvalue weighted by Crippen LogP contribution is 2.32. The van der Waals surface area contributed by atoms with Crippen molar-refractivity contribution in [2.75, 3.05) is 0 Å². The van der Waals surface area contributed by atoms with Gasteiger partial charge in [-0.05, 0) is 44.6 Å². The Morgan fingerprint density at radius 3 is 2.88 bits per heavy atom. The van der Waals surface area contributed by atoms with E-state index >= 15 is 0 Å². The summed E-state index contributed by atoms with van der Waals surface area (Å²) >= 11 is 0. The van der Waals surface area contributed by atoms with Gasteiger partial charge in [-0.25, -0.2) is 0 Å². The average Bonchev–Trinajstić information content (AvgIpc) is 2.26. The number of allylic oxidation sites excluding steroid dienone is 5. The average molecular weight is 234 g/mol. The zero-order valence-electron chi connectivity index (χ0n) is 11.0. The lowest BCUT2D eigenvalue weighted by Crippen LogP contribution is -2.11. The van der Waals surface area contributed by atoms with Gasteiger partial charge < -0.3 is 5.11 Å². The molecule has 0 radical (unpaired) electrons. The standard InChI is InChI=1S/C15H22O2/c1-10(2)13-7-5-11(3)14(9-13)8-6-12(4)15(16)17/h5,8,12-13H,1,6-7,9H2,2-4H3,(H,16,17)/b14-8+/t12-,13+/m0/s1. The fourth-order valence-corrected chi connectivity index (χ4v) is 2.00. The topological polar surface area (TPSA) is 37.3 Å². The van der Waals surface area contributed by atoms with Gasteiger partial charge in [0.05, 0.1) is 5.92 Å². The second-order valence-electron chi connectivity index (χ2n) is 5.07. The van der Waals surface area contributed by atoms with Gasteiger partial charge in [0.15, 0.2) is 0 Å². The van der Waals surface area contributed by atoms with E-state index in [0.29, 0.717) is 12.3 Å². The minimum absolute atomic E-state index is 0.305. The first-order chi connectivity index (χ1) is 7.91. The Morgan fingerprint density at radius 1 is 1.71 bits per heavy atom. The summed E-state index contributed by atoms with van der Waals surface area (Å²) < 4.78 is 0. The molecule has 0 fully saturated rings. The van der Waals surface area contributed by atoms with Gasteiger partial charge in [-0.3, -0.25) is 4.79 Å². The maximum atomic E-state index is 10.8. The van der Waals surface area contributed by atoms with Crippen LogP contribution in [0.25, 0.3) is 0 Å². The minimum atomic E-state index is -0.726. The van der Waals surface area contributed by atoms with E-state index in [2.05, 4.69) is 32.6 Å². The van der Waals surface area contributed by atoms with Crippen molar-refractivity contribution >= 4 is 5.97 Å². The third-order valence-electron chi connectivity index (χ3n) is 3.52. The summed E-state index contributed by atoms with van der Waals surface area (Å²) in [4.78, 5) is 10.8. The molecule has 0 heterocycles. The molecule has 0 aromatic rings. The van der Waals surface area contributed by atoms with Crippen LogP contribution < -0.4 is 0 Å². The van der Waals surface area contributed by atoms with E-state index in [1.54, 1.807) is 6.92 Å². The lowest BCUT2D eigenvalue weighted by Gasteiger charge is -2.23. The molecule has 0 saturated carbocycles. The van der Waals surface area contributed by atoms with Crippen molar-refractivity contribution < 1.29 is 9.90 Å². The van der Waals surface area contributed by atoms with Crippen molar-refractivity contribution in [1.82, 2.24) is 0 Å². The Labute approximate surface area is 104 Å². The lowest BCUT2D eigenvalue weighted by atomic mass is 9.82. The van der Waals surface area contributed by atoms with E-state index in [1.165, 1.54) is 16.7 Å². The van der Waals surface area contributed by atoms with Gasteiger partial charge in [-0.15, -0.1) is 0 Å². The van der Waals surface area contributed by atoms with Crippen LogP contribution in [-0.2, 0) is 4.79 Å². The maximum Gasteiger partial charge on any atom is 0.306 e. The van der Waals surface area contributed by atoms with Crippen molar-refractivity contribution in [3.63, 3.8) is 0 Å². The Morgan fingerprint density at radius 2 is 2.35 bits per heavy atom. The predicted molar refractivity (Wildman–Crippen MR) is 70.8 cm³/mol. The Hall–Kier alpha value is -1.31. The molecule has 1 N–H and O–H groups in total. The summed E-state index contributed by atoms with van der Waals surface area (Å²) in [5.74, 6) is -0.513. The van der Waals surface area contributed by atoms with Crippen molar-refractivity contribution in [3.8, 4) is 0 Å². The van der Waals surface area contributed by atoms with Gasteiger partial charge in [0.25, 0.3) is 0 Å². The summed E-state index contributed by atoms with van der Waals surface area (Å²) in [6.45, 7) is 9.93. The van der Waals surface area contributed by atoms with Crippen LogP contribution in [0.15, 0.2) is 35.5 Å². The van der Waals surface area contributed by atoms with E-state index in [9.17, 15) is 4.79 Å². The quantitative estimate of drug-likeness (QED) is 0.748. The van der Waals surface area contributed by atoms with E-state index in [4.69, 9.17) is 5.11 Å². The monoisotopic (exact) mass is 234 g/mol. The molecule has 0 amide bonds. The molecule has 1 aliphatic rings. The summed E-state index contributed by atoms with van der Waals surface area (Å²) in [5.41, 5.74) is 3.79. The second-order valence-corrected chi connectivity index (χ2v) is 5.07. The third-order valence-corrected chi connectivity index (χ3v) is 3.52. The molecule has 94 valence electrons. The number of carbonyl (C=O) groups is 1. The molecule has 0 aromatic carbocycles. The number of rotatable bonds is 4. The van der Waals surface area contributed by atoms with Crippen LogP contribution in [0, 0.1) is 11.8 Å². The highest BCUT2D eigenvalue weighted by molar-refractivity contribution is 5.69. The van der Waals surface area contributed by atoms with Crippen LogP contribution >= 0.6 is 0 Å². The highest BCUT2D eigenvalue weighted by Gasteiger charge is 2.17. The van der Waals surface area contributed by atoms with Crippen LogP contribution in [0.4, 0.5) is 0 Å². The van der Waals surface area contributed by atoms with E-state index in [0.717, 1.165) is 12.8 Å². The molecule has 0 saturated heterocycles. The molecular weight excluding hydrogens is 212 g/mol. The zero-order chi connectivity index (χ0) is 13.0. The molecule has 0 unspecified atom stereocenters. The van der Waals surface area contributed by atoms with Crippen LogP contribution in [0.2, 0.25) is 0 Å². The number of hydrogen-bond acceptors (Lipinski definition) is 1. The van der Waals surface area contributed by atoms with Gasteiger partial charge in [0, 0.05) is 0 Å². The second kappa shape index (κ2) is 5.85. The molecule has 1 aliphatic carbocycles. The molecule has 2 atom stereocenters. The number of hydrogen-bond donors (Lipinski definition) is 1. The molecule has 2 heteroatoms. The zero-order valence-corrected chi connectivity index (χ0v) is 11.0. The number of carboxylic acids is 1. The summed E-state index contributed by atoms with van der Waals surface area (Å²) in [6, 6.07) is 0. The fraction of sp³-hybridized carbons (Fsp3) is 0.533. The van der Waals surface area contributed by atoms with Crippen LogP contribution in [-0.4, -0.2) is 11.1 Å². The lowest BCUT2D eigenvalue weighted by molar-refractivity contribution is -0.140. The Bertz CT molecular complexity index is 374. The highest BCUT2D eigenvalue weighted by atomic mass is 16.4. The fourth-order valence-electron chi connectivity index (χ4n) is 2.00. The minimum Gasteiger partial charge on any atom is -0.481 e. The molecule has 0 aliphatic heterocycles. The third kappa shape index (κ3) is 3.88. The first-order valence-corrected chi connectivity index (χ1v) is 6.16. The van der Waals surface area contributed by atoms with E-state index in [1.807, 2.05) is 0 Å². The number of carboxylic acid groups (broad SMARTS) is 1. The largest absolute Gasteiger partial charge is 0.481 e. The summed E-state index contributed by atoms with van der Waals surface area (Å²) in [7, 11) is 0. The molecule has 1 rings (SSSR count). The first kappa shape index (κ1) is 13.8. The molecule has 0 aromatic heterocycles. The van der Waals surface area contributed by atoms with Gasteiger partial charge in [-0.2, -0.15) is 0 Å². The van der Waals surface area contributed by atoms with E-state index < -0.39 is 5.97 Å². The predicted octanol–water partition coefficient (Wildman–Crippen LogP) is 3.96. The smallest absolute Gasteiger partial charge is 0.306 e. The molecule has 17 heavy (non-hydrogen) atoms. The first-order valence-electron chi connectivity index (χ1n) is 6.16. The van der Waals surface area contributed by atoms with Crippen LogP contribution in [0.5, 0.6) is 0 Å². The van der Waals surface area contributed by atoms with Crippen molar-refractivity contribution in [3.05, 3.63) is 35.5 Å². The van der Waals surface area contributed by atoms with Gasteiger partial charge in [-0.1, -0.05) is 36.8 Å². The van der Waals surface area contributed by atoms with E-state index in [-0.39, 0.29) is 5.92 Å². The van der Waals surface area contributed by atoms with Gasteiger partial charge in [0.1, 0.15) is 0 Å². The normalized spacial score (nSPS) is 24.3. The van der Waals surface area contributed by atoms with Gasteiger partial charge >= 0.3 is 5.97 Å². The maximum absolute atomic E-state index is 10.8. The number of aliphatic carboxylic acids is 1. The Kier molecular flexibility index (Phi) is 4.73. The molecule has 2 nitrogen and oxygen atoms in total. The van der Waals surface area contributed by atoms with Crippen molar-refractivity contribution in [2.24, 2.45) is 11.8 Å².